The summed E-state index contributed by atoms with van der Waals surface area (Å²) >= 11 is 0.847. The predicted octanol–water partition coefficient (Wildman–Crippen LogP) is 1.21. The zero-order chi connectivity index (χ0) is 10.3. The minimum atomic E-state index is -4.63. The van der Waals surface area contributed by atoms with Crippen LogP contribution in [0, 0.1) is 0 Å². The predicted molar refractivity (Wildman–Crippen MR) is 42.6 cm³/mol. The van der Waals surface area contributed by atoms with Crippen LogP contribution in [0.3, 0.4) is 0 Å². The molecule has 1 aromatic rings. The van der Waals surface area contributed by atoms with Gasteiger partial charge in [0.25, 0.3) is 10.4 Å². The van der Waals surface area contributed by atoms with Crippen LogP contribution in [0.2, 0.25) is 0 Å². The molecule has 4 nitrogen and oxygen atoms in total. The van der Waals surface area contributed by atoms with Gasteiger partial charge in [-0.25, -0.2) is 8.42 Å². The van der Waals surface area contributed by atoms with Crippen LogP contribution in [0.4, 0.5) is 0 Å². The van der Waals surface area contributed by atoms with E-state index in [1.165, 1.54) is 12.1 Å². The first kappa shape index (κ1) is 12.8. The van der Waals surface area contributed by atoms with Gasteiger partial charge in [0.15, 0.2) is 0 Å². The molecule has 0 saturated carbocycles. The molecular formula is C6H5ClO4SZn. The van der Waals surface area contributed by atoms with Gasteiger partial charge in [-0.3, -0.25) is 0 Å². The normalized spacial score (nSPS) is 9.85. The number of rotatable bonds is 2. The maximum atomic E-state index is 10.0. The number of hydrogen-bond donors (Lipinski definition) is 0. The molecule has 0 bridgehead atoms. The van der Waals surface area contributed by atoms with Crippen LogP contribution in [0.5, 0.6) is 5.75 Å². The number of halogens is 1. The molecule has 0 N–H and O–H groups in total. The van der Waals surface area contributed by atoms with Gasteiger partial charge in [0.1, 0.15) is 5.75 Å². The van der Waals surface area contributed by atoms with Crippen molar-refractivity contribution >= 4 is 20.1 Å². The van der Waals surface area contributed by atoms with Crippen molar-refractivity contribution in [2.75, 3.05) is 0 Å². The standard InChI is InChI=1S/C6H6O4S.ClH.Zn/c7-11(8,9)10-6-4-2-1-3-5-6;;/h1-5H,(H,7,8,9);1H;/q;;+2/p-2. The first-order valence-corrected chi connectivity index (χ1v) is 8.28. The summed E-state index contributed by atoms with van der Waals surface area (Å²) in [6, 6.07) is 7.59. The fourth-order valence-electron chi connectivity index (χ4n) is 0.594. The monoisotopic (exact) mass is 272 g/mol. The molecule has 0 amide bonds. The van der Waals surface area contributed by atoms with Crippen LogP contribution in [-0.2, 0) is 27.7 Å². The second-order valence-electron chi connectivity index (χ2n) is 1.80. The Labute approximate surface area is 90.5 Å². The van der Waals surface area contributed by atoms with E-state index in [1.54, 1.807) is 18.2 Å². The Balaban J connectivity index is 0.000000671. The maximum absolute atomic E-state index is 10.0. The van der Waals surface area contributed by atoms with Crippen molar-refractivity contribution in [2.24, 2.45) is 0 Å². The molecule has 0 radical (unpaired) electrons. The van der Waals surface area contributed by atoms with Crippen LogP contribution in [0.25, 0.3) is 0 Å². The van der Waals surface area contributed by atoms with E-state index in [4.69, 9.17) is 9.69 Å². The van der Waals surface area contributed by atoms with Crippen molar-refractivity contribution in [3.05, 3.63) is 30.3 Å². The van der Waals surface area contributed by atoms with Crippen LogP contribution in [0.15, 0.2) is 30.3 Å². The molecule has 0 aliphatic carbocycles. The summed E-state index contributed by atoms with van der Waals surface area (Å²) in [4.78, 5) is 0. The molecule has 0 unspecified atom stereocenters. The molecule has 0 aliphatic rings. The Bertz CT molecular complexity index is 326. The third-order valence-electron chi connectivity index (χ3n) is 0.941. The van der Waals surface area contributed by atoms with E-state index in [1.807, 2.05) is 0 Å². The SMILES string of the molecule is O=S(=O)([O-])Oc1ccccc1.[Cl][Zn+]. The second kappa shape index (κ2) is 6.32. The summed E-state index contributed by atoms with van der Waals surface area (Å²) in [5, 5.41) is 0. The molecule has 0 saturated heterocycles. The molecule has 0 fully saturated rings. The van der Waals surface area contributed by atoms with E-state index in [0.29, 0.717) is 0 Å². The molecule has 0 aromatic heterocycles. The van der Waals surface area contributed by atoms with E-state index in [0.717, 1.165) is 17.3 Å². The van der Waals surface area contributed by atoms with E-state index < -0.39 is 10.4 Å². The molecule has 0 aliphatic heterocycles. The molecule has 68 valence electrons. The molecule has 0 heterocycles. The van der Waals surface area contributed by atoms with Gasteiger partial charge in [0.2, 0.25) is 0 Å². The molecule has 1 aromatic carbocycles. The summed E-state index contributed by atoms with van der Waals surface area (Å²) in [6.45, 7) is 0. The van der Waals surface area contributed by atoms with Crippen molar-refractivity contribution in [1.82, 2.24) is 0 Å². The average Bonchev–Trinajstić information content (AvgIpc) is 2.07. The Hall–Kier alpha value is -0.157. The van der Waals surface area contributed by atoms with E-state index >= 15 is 0 Å². The molecule has 7 heteroatoms. The van der Waals surface area contributed by atoms with Crippen LogP contribution in [0.1, 0.15) is 0 Å². The molecule has 0 atom stereocenters. The topological polar surface area (TPSA) is 66.4 Å². The molecular weight excluding hydrogens is 269 g/mol. The summed E-state index contributed by atoms with van der Waals surface area (Å²) in [5.74, 6) is 0.0301. The summed E-state index contributed by atoms with van der Waals surface area (Å²) in [7, 11) is 0.137. The molecule has 0 spiro atoms. The van der Waals surface area contributed by atoms with Crippen molar-refractivity contribution in [2.45, 2.75) is 0 Å². The summed E-state index contributed by atoms with van der Waals surface area (Å²) in [5.41, 5.74) is 0. The quantitative estimate of drug-likeness (QED) is 0.462. The van der Waals surface area contributed by atoms with Crippen molar-refractivity contribution in [3.8, 4) is 5.75 Å². The fraction of sp³-hybridized carbons (Fsp3) is 0. The minimum absolute atomic E-state index is 0.0301. The van der Waals surface area contributed by atoms with Crippen LogP contribution >= 0.6 is 9.69 Å². The van der Waals surface area contributed by atoms with E-state index in [9.17, 15) is 13.0 Å². The van der Waals surface area contributed by atoms with E-state index in [-0.39, 0.29) is 5.75 Å². The second-order valence-corrected chi connectivity index (χ2v) is 2.79. The van der Waals surface area contributed by atoms with Gasteiger partial charge in [0.05, 0.1) is 0 Å². The van der Waals surface area contributed by atoms with E-state index in [2.05, 4.69) is 4.18 Å². The zero-order valence-electron chi connectivity index (χ0n) is 6.51. The third-order valence-corrected chi connectivity index (χ3v) is 1.34. The first-order valence-electron chi connectivity index (χ1n) is 3.05. The van der Waals surface area contributed by atoms with Gasteiger partial charge in [-0.05, 0) is 12.1 Å². The third kappa shape index (κ3) is 6.96. The van der Waals surface area contributed by atoms with Gasteiger partial charge in [-0.2, -0.15) is 0 Å². The number of para-hydroxylation sites is 1. The molecule has 13 heavy (non-hydrogen) atoms. The summed E-state index contributed by atoms with van der Waals surface area (Å²) < 4.78 is 34.1. The van der Waals surface area contributed by atoms with Crippen molar-refractivity contribution in [1.29, 1.82) is 0 Å². The summed E-state index contributed by atoms with van der Waals surface area (Å²) in [6.07, 6.45) is 0. The Morgan fingerprint density at radius 3 is 2.08 bits per heavy atom. The Morgan fingerprint density at radius 1 is 1.23 bits per heavy atom. The van der Waals surface area contributed by atoms with Gasteiger partial charge in [0, 0.05) is 0 Å². The number of hydrogen-bond acceptors (Lipinski definition) is 4. The van der Waals surface area contributed by atoms with Gasteiger partial charge < -0.3 is 8.74 Å². The van der Waals surface area contributed by atoms with Crippen molar-refractivity contribution in [3.63, 3.8) is 0 Å². The van der Waals surface area contributed by atoms with Gasteiger partial charge in [-0.15, -0.1) is 0 Å². The fourth-order valence-corrected chi connectivity index (χ4v) is 0.941. The average molecular weight is 274 g/mol. The van der Waals surface area contributed by atoms with Gasteiger partial charge in [-0.1, -0.05) is 18.2 Å². The Kier molecular flexibility index (Phi) is 6.24. The zero-order valence-corrected chi connectivity index (χ0v) is 11.1. The molecule has 1 rings (SSSR count). The first-order chi connectivity index (χ1) is 6.08. The van der Waals surface area contributed by atoms with Crippen LogP contribution < -0.4 is 4.18 Å². The van der Waals surface area contributed by atoms with Gasteiger partial charge >= 0.3 is 27.0 Å². The van der Waals surface area contributed by atoms with Crippen molar-refractivity contribution < 1.29 is 34.5 Å². The number of benzene rings is 1. The Morgan fingerprint density at radius 2 is 1.69 bits per heavy atom. The van der Waals surface area contributed by atoms with Crippen LogP contribution in [-0.4, -0.2) is 13.0 Å².